The minimum Gasteiger partial charge on any atom is -0.497 e. The standard InChI is InChI=1S/C21H21N3O5/c1-13(20(26)22-14-6-5-7-15(12-14)28-2)29-19(25)11-10-18-23-17-9-4-3-8-16(17)21(27)24-18/h3-9,12-13H,10-11H2,1-2H3,(H,22,26)(H,23,24,27)/t13-/m1/s1. The SMILES string of the molecule is COc1cccc(NC(=O)[C@@H](C)OC(=O)CCc2nc3ccccc3c(=O)[nH]2)c1. The quantitative estimate of drug-likeness (QED) is 0.595. The first-order valence-corrected chi connectivity index (χ1v) is 9.08. The molecule has 0 saturated heterocycles. The van der Waals surface area contributed by atoms with Crippen LogP contribution >= 0.6 is 0 Å². The molecule has 3 rings (SSSR count). The van der Waals surface area contributed by atoms with Crippen LogP contribution in [0.15, 0.2) is 53.3 Å². The molecule has 2 N–H and O–H groups in total. The first kappa shape index (κ1) is 20.1. The van der Waals surface area contributed by atoms with E-state index >= 15 is 0 Å². The summed E-state index contributed by atoms with van der Waals surface area (Å²) in [5.41, 5.74) is 0.839. The smallest absolute Gasteiger partial charge is 0.307 e. The van der Waals surface area contributed by atoms with Crippen LogP contribution in [-0.4, -0.2) is 35.1 Å². The molecule has 0 fully saturated rings. The minimum absolute atomic E-state index is 0.0158. The Morgan fingerprint density at radius 2 is 1.97 bits per heavy atom. The molecular weight excluding hydrogens is 374 g/mol. The van der Waals surface area contributed by atoms with Gasteiger partial charge in [-0.3, -0.25) is 14.4 Å². The summed E-state index contributed by atoms with van der Waals surface area (Å²) in [6.07, 6.45) is -0.793. The molecule has 150 valence electrons. The fraction of sp³-hybridized carbons (Fsp3) is 0.238. The van der Waals surface area contributed by atoms with Gasteiger partial charge in [0.2, 0.25) is 0 Å². The largest absolute Gasteiger partial charge is 0.497 e. The number of methoxy groups -OCH3 is 1. The molecule has 0 spiro atoms. The second kappa shape index (κ2) is 9.01. The summed E-state index contributed by atoms with van der Waals surface area (Å²) in [7, 11) is 1.53. The molecule has 0 aliphatic heterocycles. The topological polar surface area (TPSA) is 110 Å². The molecule has 2 aromatic carbocycles. The van der Waals surface area contributed by atoms with Crippen molar-refractivity contribution in [2.75, 3.05) is 12.4 Å². The van der Waals surface area contributed by atoms with Gasteiger partial charge in [0.25, 0.3) is 11.5 Å². The van der Waals surface area contributed by atoms with Crippen molar-refractivity contribution in [1.29, 1.82) is 0 Å². The van der Waals surface area contributed by atoms with Crippen LogP contribution in [0.3, 0.4) is 0 Å². The maximum absolute atomic E-state index is 12.2. The molecule has 0 bridgehead atoms. The van der Waals surface area contributed by atoms with Crippen LogP contribution in [0.25, 0.3) is 10.9 Å². The average molecular weight is 395 g/mol. The summed E-state index contributed by atoms with van der Waals surface area (Å²) >= 11 is 0. The zero-order valence-electron chi connectivity index (χ0n) is 16.1. The third-order valence-corrected chi connectivity index (χ3v) is 4.24. The summed E-state index contributed by atoms with van der Waals surface area (Å²) in [6, 6.07) is 13.8. The third kappa shape index (κ3) is 5.19. The highest BCUT2D eigenvalue weighted by molar-refractivity contribution is 5.95. The molecule has 1 amide bonds. The minimum atomic E-state index is -0.975. The van der Waals surface area contributed by atoms with E-state index in [1.54, 1.807) is 48.5 Å². The Morgan fingerprint density at radius 1 is 1.17 bits per heavy atom. The number of aromatic nitrogens is 2. The van der Waals surface area contributed by atoms with Crippen molar-refractivity contribution in [3.05, 3.63) is 64.7 Å². The maximum Gasteiger partial charge on any atom is 0.307 e. The van der Waals surface area contributed by atoms with Crippen LogP contribution < -0.4 is 15.6 Å². The Labute approximate surface area is 166 Å². The van der Waals surface area contributed by atoms with E-state index in [9.17, 15) is 14.4 Å². The molecule has 8 nitrogen and oxygen atoms in total. The molecule has 0 aliphatic carbocycles. The van der Waals surface area contributed by atoms with Gasteiger partial charge in [-0.05, 0) is 31.2 Å². The molecule has 0 saturated carbocycles. The van der Waals surface area contributed by atoms with E-state index in [-0.39, 0.29) is 18.4 Å². The number of hydrogen-bond donors (Lipinski definition) is 2. The zero-order chi connectivity index (χ0) is 20.8. The predicted octanol–water partition coefficient (Wildman–Crippen LogP) is 2.43. The highest BCUT2D eigenvalue weighted by Gasteiger charge is 2.18. The van der Waals surface area contributed by atoms with E-state index in [0.717, 1.165) is 0 Å². The van der Waals surface area contributed by atoms with Crippen LogP contribution in [-0.2, 0) is 20.7 Å². The fourth-order valence-corrected chi connectivity index (χ4v) is 2.73. The van der Waals surface area contributed by atoms with Crippen molar-refractivity contribution in [1.82, 2.24) is 9.97 Å². The Morgan fingerprint density at radius 3 is 2.76 bits per heavy atom. The number of para-hydroxylation sites is 1. The van der Waals surface area contributed by atoms with E-state index in [4.69, 9.17) is 9.47 Å². The molecule has 0 aliphatic rings. The maximum atomic E-state index is 12.2. The molecule has 0 radical (unpaired) electrons. The van der Waals surface area contributed by atoms with E-state index in [1.165, 1.54) is 14.0 Å². The number of amides is 1. The number of hydrogen-bond acceptors (Lipinski definition) is 6. The van der Waals surface area contributed by atoms with Gasteiger partial charge in [-0.15, -0.1) is 0 Å². The van der Waals surface area contributed by atoms with Gasteiger partial charge in [0.1, 0.15) is 11.6 Å². The summed E-state index contributed by atoms with van der Waals surface area (Å²) in [6.45, 7) is 1.49. The fourth-order valence-electron chi connectivity index (χ4n) is 2.73. The molecule has 29 heavy (non-hydrogen) atoms. The second-order valence-corrected chi connectivity index (χ2v) is 6.38. The lowest BCUT2D eigenvalue weighted by molar-refractivity contribution is -0.153. The number of nitrogens with zero attached hydrogens (tertiary/aromatic N) is 1. The predicted molar refractivity (Wildman–Crippen MR) is 108 cm³/mol. The normalized spacial score (nSPS) is 11.7. The molecule has 1 heterocycles. The number of fused-ring (bicyclic) bond motifs is 1. The number of ether oxygens (including phenoxy) is 2. The zero-order valence-corrected chi connectivity index (χ0v) is 16.1. The number of nitrogens with one attached hydrogen (secondary N) is 2. The molecule has 1 aromatic heterocycles. The van der Waals surface area contributed by atoms with Crippen molar-refractivity contribution >= 4 is 28.5 Å². The van der Waals surface area contributed by atoms with Crippen molar-refractivity contribution in [2.45, 2.75) is 25.9 Å². The summed E-state index contributed by atoms with van der Waals surface area (Å²) in [5.74, 6) is -0.0265. The molecule has 0 unspecified atom stereocenters. The van der Waals surface area contributed by atoms with Crippen LogP contribution in [0.4, 0.5) is 5.69 Å². The Kier molecular flexibility index (Phi) is 6.23. The molecule has 1 atom stereocenters. The van der Waals surface area contributed by atoms with Gasteiger partial charge in [0.15, 0.2) is 6.10 Å². The lowest BCUT2D eigenvalue weighted by Crippen LogP contribution is -2.30. The first-order valence-electron chi connectivity index (χ1n) is 9.08. The number of rotatable bonds is 7. The number of anilines is 1. The number of benzene rings is 2. The lowest BCUT2D eigenvalue weighted by atomic mass is 10.2. The van der Waals surface area contributed by atoms with Crippen molar-refractivity contribution in [3.8, 4) is 5.75 Å². The third-order valence-electron chi connectivity index (χ3n) is 4.24. The highest BCUT2D eigenvalue weighted by atomic mass is 16.5. The van der Waals surface area contributed by atoms with Crippen molar-refractivity contribution in [2.24, 2.45) is 0 Å². The molecule has 3 aromatic rings. The van der Waals surface area contributed by atoms with Gasteiger partial charge in [-0.2, -0.15) is 0 Å². The van der Waals surface area contributed by atoms with Gasteiger partial charge in [-0.25, -0.2) is 4.98 Å². The van der Waals surface area contributed by atoms with E-state index < -0.39 is 18.0 Å². The van der Waals surface area contributed by atoms with E-state index in [2.05, 4.69) is 15.3 Å². The number of H-pyrrole nitrogens is 1. The van der Waals surface area contributed by atoms with Gasteiger partial charge < -0.3 is 19.8 Å². The van der Waals surface area contributed by atoms with Crippen LogP contribution in [0.1, 0.15) is 19.2 Å². The number of carbonyl (C=O) groups is 2. The van der Waals surface area contributed by atoms with Gasteiger partial charge in [-0.1, -0.05) is 18.2 Å². The summed E-state index contributed by atoms with van der Waals surface area (Å²) < 4.78 is 10.3. The average Bonchev–Trinajstić information content (AvgIpc) is 2.72. The van der Waals surface area contributed by atoms with Crippen LogP contribution in [0.2, 0.25) is 0 Å². The first-order chi connectivity index (χ1) is 14.0. The molecule has 8 heteroatoms. The highest BCUT2D eigenvalue weighted by Crippen LogP contribution is 2.17. The van der Waals surface area contributed by atoms with Crippen LogP contribution in [0.5, 0.6) is 5.75 Å². The number of aromatic amines is 1. The van der Waals surface area contributed by atoms with E-state index in [0.29, 0.717) is 28.2 Å². The van der Waals surface area contributed by atoms with Gasteiger partial charge in [0.05, 0.1) is 24.4 Å². The monoisotopic (exact) mass is 395 g/mol. The number of carbonyl (C=O) groups excluding carboxylic acids is 2. The molecular formula is C21H21N3O5. The second-order valence-electron chi connectivity index (χ2n) is 6.38. The summed E-state index contributed by atoms with van der Waals surface area (Å²) in [5, 5.41) is 3.15. The van der Waals surface area contributed by atoms with Crippen molar-refractivity contribution < 1.29 is 19.1 Å². The van der Waals surface area contributed by atoms with E-state index in [1.807, 2.05) is 0 Å². The van der Waals surface area contributed by atoms with Crippen LogP contribution in [0, 0.1) is 0 Å². The summed E-state index contributed by atoms with van der Waals surface area (Å²) in [4.78, 5) is 43.4. The number of aryl methyl sites for hydroxylation is 1. The van der Waals surface area contributed by atoms with Crippen molar-refractivity contribution in [3.63, 3.8) is 0 Å². The number of esters is 1. The Hall–Kier alpha value is -3.68. The van der Waals surface area contributed by atoms with Gasteiger partial charge in [0, 0.05) is 18.2 Å². The Bertz CT molecular complexity index is 1090. The Balaban J connectivity index is 1.54. The van der Waals surface area contributed by atoms with Gasteiger partial charge >= 0.3 is 5.97 Å². The lowest BCUT2D eigenvalue weighted by Gasteiger charge is -2.14.